The minimum absolute atomic E-state index is 0.178. The zero-order chi connectivity index (χ0) is 14.7. The highest BCUT2D eigenvalue weighted by atomic mass is 16.2. The number of piperidine rings is 1. The van der Waals surface area contributed by atoms with Crippen molar-refractivity contribution in [1.82, 2.24) is 4.90 Å². The van der Waals surface area contributed by atoms with Gasteiger partial charge in [0.05, 0.1) is 0 Å². The molecule has 2 fully saturated rings. The fraction of sp³-hybridized carbons (Fsp3) is 0.611. The van der Waals surface area contributed by atoms with Crippen molar-refractivity contribution in [3.05, 3.63) is 35.9 Å². The van der Waals surface area contributed by atoms with Crippen molar-refractivity contribution in [3.63, 3.8) is 0 Å². The Morgan fingerprint density at radius 2 is 1.86 bits per heavy atom. The van der Waals surface area contributed by atoms with Crippen LogP contribution in [0.5, 0.6) is 0 Å². The lowest BCUT2D eigenvalue weighted by atomic mass is 9.75. The lowest BCUT2D eigenvalue weighted by molar-refractivity contribution is -0.134. The standard InChI is InChI=1S/C18H26N2O/c19-17(15-7-2-1-3-8-15)12-18(21)20-11-10-14-6-4-5-9-16(14)13-20/h1-3,7-8,14,16-17H,4-6,9-13,19H2. The number of amides is 1. The van der Waals surface area contributed by atoms with Crippen LogP contribution in [0.25, 0.3) is 0 Å². The minimum Gasteiger partial charge on any atom is -0.342 e. The zero-order valence-corrected chi connectivity index (χ0v) is 12.7. The van der Waals surface area contributed by atoms with E-state index in [4.69, 9.17) is 5.73 Å². The molecule has 3 rings (SSSR count). The van der Waals surface area contributed by atoms with E-state index in [1.807, 2.05) is 30.3 Å². The topological polar surface area (TPSA) is 46.3 Å². The number of hydrogen-bond acceptors (Lipinski definition) is 2. The number of likely N-dealkylation sites (tertiary alicyclic amines) is 1. The number of benzene rings is 1. The highest BCUT2D eigenvalue weighted by Crippen LogP contribution is 2.36. The van der Waals surface area contributed by atoms with Gasteiger partial charge in [-0.25, -0.2) is 0 Å². The average Bonchev–Trinajstić information content (AvgIpc) is 2.55. The molecule has 0 radical (unpaired) electrons. The summed E-state index contributed by atoms with van der Waals surface area (Å²) in [6.45, 7) is 1.90. The molecule has 3 unspecified atom stereocenters. The van der Waals surface area contributed by atoms with Gasteiger partial charge in [-0.2, -0.15) is 0 Å². The summed E-state index contributed by atoms with van der Waals surface area (Å²) in [4.78, 5) is 14.6. The molecule has 114 valence electrons. The molecule has 3 nitrogen and oxygen atoms in total. The van der Waals surface area contributed by atoms with E-state index in [-0.39, 0.29) is 11.9 Å². The second-order valence-corrected chi connectivity index (χ2v) is 6.65. The van der Waals surface area contributed by atoms with Crippen molar-refractivity contribution in [2.24, 2.45) is 17.6 Å². The van der Waals surface area contributed by atoms with Crippen molar-refractivity contribution < 1.29 is 4.79 Å². The van der Waals surface area contributed by atoms with Gasteiger partial charge in [0, 0.05) is 25.6 Å². The number of carbonyl (C=O) groups excluding carboxylic acids is 1. The predicted octanol–water partition coefficient (Wildman–Crippen LogP) is 3.12. The molecule has 0 spiro atoms. The molecule has 1 aromatic rings. The van der Waals surface area contributed by atoms with Crippen LogP contribution in [-0.2, 0) is 4.79 Å². The molecule has 2 N–H and O–H groups in total. The first kappa shape index (κ1) is 14.6. The Balaban J connectivity index is 1.56. The van der Waals surface area contributed by atoms with Crippen LogP contribution < -0.4 is 5.73 Å². The summed E-state index contributed by atoms with van der Waals surface area (Å²) in [5.41, 5.74) is 7.24. The summed E-state index contributed by atoms with van der Waals surface area (Å²) >= 11 is 0. The summed E-state index contributed by atoms with van der Waals surface area (Å²) in [6.07, 6.45) is 7.02. The van der Waals surface area contributed by atoms with Crippen molar-refractivity contribution >= 4 is 5.91 Å². The van der Waals surface area contributed by atoms with Gasteiger partial charge in [-0.1, -0.05) is 49.6 Å². The van der Waals surface area contributed by atoms with Crippen LogP contribution >= 0.6 is 0 Å². The largest absolute Gasteiger partial charge is 0.342 e. The first-order chi connectivity index (χ1) is 10.2. The molecule has 3 atom stereocenters. The third-order valence-corrected chi connectivity index (χ3v) is 5.27. The van der Waals surface area contributed by atoms with Crippen molar-refractivity contribution in [1.29, 1.82) is 0 Å². The van der Waals surface area contributed by atoms with Gasteiger partial charge in [-0.3, -0.25) is 4.79 Å². The molecule has 1 amide bonds. The number of rotatable bonds is 3. The number of nitrogens with two attached hydrogens (primary N) is 1. The molecule has 1 aliphatic carbocycles. The van der Waals surface area contributed by atoms with Crippen molar-refractivity contribution in [3.8, 4) is 0 Å². The maximum Gasteiger partial charge on any atom is 0.224 e. The summed E-state index contributed by atoms with van der Waals surface area (Å²) in [5.74, 6) is 1.84. The van der Waals surface area contributed by atoms with Crippen molar-refractivity contribution in [2.75, 3.05) is 13.1 Å². The minimum atomic E-state index is -0.178. The van der Waals surface area contributed by atoms with E-state index in [2.05, 4.69) is 4.90 Å². The lowest BCUT2D eigenvalue weighted by Crippen LogP contribution is -2.45. The van der Waals surface area contributed by atoms with Gasteiger partial charge >= 0.3 is 0 Å². The first-order valence-electron chi connectivity index (χ1n) is 8.32. The van der Waals surface area contributed by atoms with Gasteiger partial charge in [0.1, 0.15) is 0 Å². The second kappa shape index (κ2) is 6.61. The van der Waals surface area contributed by atoms with Crippen LogP contribution in [0.15, 0.2) is 30.3 Å². The van der Waals surface area contributed by atoms with E-state index in [1.54, 1.807) is 0 Å². The van der Waals surface area contributed by atoms with Gasteiger partial charge in [0.2, 0.25) is 5.91 Å². The Kier molecular flexibility index (Phi) is 4.59. The molecule has 2 aliphatic rings. The summed E-state index contributed by atoms with van der Waals surface area (Å²) < 4.78 is 0. The van der Waals surface area contributed by atoms with Gasteiger partial charge < -0.3 is 10.6 Å². The maximum atomic E-state index is 12.5. The number of nitrogens with zero attached hydrogens (tertiary/aromatic N) is 1. The summed E-state index contributed by atoms with van der Waals surface area (Å²) in [7, 11) is 0. The highest BCUT2D eigenvalue weighted by molar-refractivity contribution is 5.77. The predicted molar refractivity (Wildman–Crippen MR) is 84.6 cm³/mol. The molecule has 1 aliphatic heterocycles. The van der Waals surface area contributed by atoms with E-state index >= 15 is 0 Å². The van der Waals surface area contributed by atoms with E-state index in [0.717, 1.165) is 30.5 Å². The molecule has 1 heterocycles. The molecule has 0 aromatic heterocycles. The third-order valence-electron chi connectivity index (χ3n) is 5.27. The van der Waals surface area contributed by atoms with Crippen LogP contribution in [0.4, 0.5) is 0 Å². The molecule has 3 heteroatoms. The second-order valence-electron chi connectivity index (χ2n) is 6.65. The molecule has 1 aromatic carbocycles. The van der Waals surface area contributed by atoms with Crippen LogP contribution in [0, 0.1) is 11.8 Å². The Morgan fingerprint density at radius 3 is 2.62 bits per heavy atom. The maximum absolute atomic E-state index is 12.5. The average molecular weight is 286 g/mol. The number of carbonyl (C=O) groups is 1. The third kappa shape index (κ3) is 3.46. The molecule has 1 saturated carbocycles. The Bertz CT molecular complexity index is 473. The first-order valence-corrected chi connectivity index (χ1v) is 8.32. The summed E-state index contributed by atoms with van der Waals surface area (Å²) in [5, 5.41) is 0. The Labute approximate surface area is 127 Å². The SMILES string of the molecule is NC(CC(=O)N1CCC2CCCCC2C1)c1ccccc1. The van der Waals surface area contributed by atoms with E-state index in [0.29, 0.717) is 6.42 Å². The lowest BCUT2D eigenvalue weighted by Gasteiger charge is -2.41. The number of fused-ring (bicyclic) bond motifs is 1. The Morgan fingerprint density at radius 1 is 1.14 bits per heavy atom. The monoisotopic (exact) mass is 286 g/mol. The highest BCUT2D eigenvalue weighted by Gasteiger charge is 2.33. The molecule has 21 heavy (non-hydrogen) atoms. The molecule has 1 saturated heterocycles. The molecular weight excluding hydrogens is 260 g/mol. The Hall–Kier alpha value is -1.35. The van der Waals surface area contributed by atoms with E-state index in [9.17, 15) is 4.79 Å². The van der Waals surface area contributed by atoms with Gasteiger partial charge in [-0.05, 0) is 30.2 Å². The van der Waals surface area contributed by atoms with Crippen LogP contribution in [0.1, 0.15) is 50.1 Å². The van der Waals surface area contributed by atoms with Crippen LogP contribution in [0.2, 0.25) is 0 Å². The smallest absolute Gasteiger partial charge is 0.224 e. The molecule has 0 bridgehead atoms. The van der Waals surface area contributed by atoms with Gasteiger partial charge in [0.15, 0.2) is 0 Å². The fourth-order valence-electron chi connectivity index (χ4n) is 3.96. The van der Waals surface area contributed by atoms with Crippen LogP contribution in [0.3, 0.4) is 0 Å². The fourth-order valence-corrected chi connectivity index (χ4v) is 3.96. The van der Waals surface area contributed by atoms with Crippen LogP contribution in [-0.4, -0.2) is 23.9 Å². The van der Waals surface area contributed by atoms with Crippen molar-refractivity contribution in [2.45, 2.75) is 44.6 Å². The zero-order valence-electron chi connectivity index (χ0n) is 12.7. The van der Waals surface area contributed by atoms with Gasteiger partial charge in [0.25, 0.3) is 0 Å². The van der Waals surface area contributed by atoms with E-state index in [1.165, 1.54) is 32.1 Å². The normalized spacial score (nSPS) is 27.0. The summed E-state index contributed by atoms with van der Waals surface area (Å²) in [6, 6.07) is 9.77. The molecular formula is C18H26N2O. The number of hydrogen-bond donors (Lipinski definition) is 1. The van der Waals surface area contributed by atoms with E-state index < -0.39 is 0 Å². The van der Waals surface area contributed by atoms with Gasteiger partial charge in [-0.15, -0.1) is 0 Å². The quantitative estimate of drug-likeness (QED) is 0.928.